The average molecular weight is 450 g/mol. The fourth-order valence-corrected chi connectivity index (χ4v) is 5.26. The van der Waals surface area contributed by atoms with Crippen molar-refractivity contribution in [3.8, 4) is 22.8 Å². The van der Waals surface area contributed by atoms with Crippen LogP contribution in [0.15, 0.2) is 36.4 Å². The molecule has 0 unspecified atom stereocenters. The molecule has 1 fully saturated rings. The summed E-state index contributed by atoms with van der Waals surface area (Å²) in [5.74, 6) is 2.77. The second-order valence-electron chi connectivity index (χ2n) is 9.54. The molecular weight excluding hydrogens is 410 g/mol. The van der Waals surface area contributed by atoms with Crippen molar-refractivity contribution in [3.63, 3.8) is 0 Å². The third-order valence-electron chi connectivity index (χ3n) is 7.09. The van der Waals surface area contributed by atoms with E-state index in [1.54, 1.807) is 14.2 Å². The second kappa shape index (κ2) is 10.5. The highest BCUT2D eigenvalue weighted by Crippen LogP contribution is 2.40. The first-order chi connectivity index (χ1) is 16.0. The molecule has 0 aliphatic carbocycles. The summed E-state index contributed by atoms with van der Waals surface area (Å²) in [4.78, 5) is 6.27. The van der Waals surface area contributed by atoms with E-state index in [9.17, 15) is 0 Å². The number of hydrogen-bond acceptors (Lipinski definition) is 4. The molecule has 33 heavy (non-hydrogen) atoms. The summed E-state index contributed by atoms with van der Waals surface area (Å²) < 4.78 is 11.0. The van der Waals surface area contributed by atoms with Crippen molar-refractivity contribution in [1.82, 2.24) is 10.3 Å². The van der Waals surface area contributed by atoms with E-state index in [4.69, 9.17) is 9.47 Å². The molecule has 4 rings (SSSR count). The zero-order valence-corrected chi connectivity index (χ0v) is 20.8. The van der Waals surface area contributed by atoms with Crippen LogP contribution in [0.2, 0.25) is 0 Å². The predicted molar refractivity (Wildman–Crippen MR) is 139 cm³/mol. The summed E-state index contributed by atoms with van der Waals surface area (Å²) in [6.45, 7) is 7.98. The Morgan fingerprint density at radius 3 is 2.45 bits per heavy atom. The molecule has 0 bridgehead atoms. The van der Waals surface area contributed by atoms with Crippen LogP contribution in [0.25, 0.3) is 22.2 Å². The number of benzene rings is 2. The quantitative estimate of drug-likeness (QED) is 0.382. The highest BCUT2D eigenvalue weighted by molar-refractivity contribution is 5.93. The lowest BCUT2D eigenvalue weighted by molar-refractivity contribution is 0.355. The minimum atomic E-state index is 0.398. The van der Waals surface area contributed by atoms with E-state index in [0.29, 0.717) is 5.92 Å². The van der Waals surface area contributed by atoms with Gasteiger partial charge in [0.15, 0.2) is 11.5 Å². The number of H-pyrrole nitrogens is 1. The van der Waals surface area contributed by atoms with Gasteiger partial charge in [-0.15, -0.1) is 0 Å². The van der Waals surface area contributed by atoms with Gasteiger partial charge in [-0.25, -0.2) is 0 Å². The Hall–Kier alpha value is -2.66. The SMILES string of the molecule is CNCCCC1CCN(c2ccc3[nH]c(-c4ccc(OC)c(OC)c4)c(C(C)C)c3c2)CC1. The Labute approximate surface area is 198 Å². The van der Waals surface area contributed by atoms with Crippen LogP contribution < -0.4 is 19.7 Å². The van der Waals surface area contributed by atoms with Gasteiger partial charge in [-0.1, -0.05) is 13.8 Å². The third kappa shape index (κ3) is 4.98. The van der Waals surface area contributed by atoms with Crippen LogP contribution in [0.1, 0.15) is 51.0 Å². The van der Waals surface area contributed by atoms with Gasteiger partial charge in [-0.05, 0) is 93.1 Å². The molecule has 2 heterocycles. The first-order valence-electron chi connectivity index (χ1n) is 12.3. The monoisotopic (exact) mass is 449 g/mol. The van der Waals surface area contributed by atoms with E-state index in [2.05, 4.69) is 59.4 Å². The minimum Gasteiger partial charge on any atom is -0.493 e. The normalized spacial score (nSPS) is 14.9. The van der Waals surface area contributed by atoms with Crippen molar-refractivity contribution < 1.29 is 9.47 Å². The van der Waals surface area contributed by atoms with E-state index in [1.165, 1.54) is 53.5 Å². The number of aromatic nitrogens is 1. The highest BCUT2D eigenvalue weighted by Gasteiger charge is 2.22. The second-order valence-corrected chi connectivity index (χ2v) is 9.54. The van der Waals surface area contributed by atoms with Gasteiger partial charge in [0.1, 0.15) is 0 Å². The van der Waals surface area contributed by atoms with Gasteiger partial charge in [-0.2, -0.15) is 0 Å². The standard InChI is InChI=1S/C28H39N3O2/c1-19(2)27-23-18-22(31-15-12-20(13-16-31)7-6-14-29-3)9-10-24(23)30-28(27)21-8-11-25(32-4)26(17-21)33-5/h8-11,17-20,29-30H,6-7,12-16H2,1-5H3. The maximum atomic E-state index is 5.56. The smallest absolute Gasteiger partial charge is 0.161 e. The molecule has 178 valence electrons. The molecule has 1 aromatic heterocycles. The van der Waals surface area contributed by atoms with Crippen LogP contribution in [0.3, 0.4) is 0 Å². The fraction of sp³-hybridized carbons (Fsp3) is 0.500. The minimum absolute atomic E-state index is 0.398. The molecular formula is C28H39N3O2. The van der Waals surface area contributed by atoms with E-state index >= 15 is 0 Å². The number of piperidine rings is 1. The molecule has 0 atom stereocenters. The fourth-order valence-electron chi connectivity index (χ4n) is 5.26. The molecule has 0 radical (unpaired) electrons. The lowest BCUT2D eigenvalue weighted by Crippen LogP contribution is -2.33. The van der Waals surface area contributed by atoms with Gasteiger partial charge in [0.2, 0.25) is 0 Å². The molecule has 2 aromatic carbocycles. The lowest BCUT2D eigenvalue weighted by Gasteiger charge is -2.34. The van der Waals surface area contributed by atoms with Gasteiger partial charge in [0.25, 0.3) is 0 Å². The molecule has 5 nitrogen and oxygen atoms in total. The Balaban J connectivity index is 1.62. The van der Waals surface area contributed by atoms with Crippen molar-refractivity contribution in [1.29, 1.82) is 0 Å². The maximum absolute atomic E-state index is 5.56. The molecule has 1 saturated heterocycles. The Bertz CT molecular complexity index is 1060. The van der Waals surface area contributed by atoms with Gasteiger partial charge in [0.05, 0.1) is 19.9 Å². The third-order valence-corrected chi connectivity index (χ3v) is 7.09. The van der Waals surface area contributed by atoms with Crippen LogP contribution in [0, 0.1) is 5.92 Å². The maximum Gasteiger partial charge on any atom is 0.161 e. The van der Waals surface area contributed by atoms with Crippen molar-refractivity contribution in [2.75, 3.05) is 45.8 Å². The summed E-state index contributed by atoms with van der Waals surface area (Å²) in [5.41, 5.74) is 6.18. The first kappa shape index (κ1) is 23.5. The van der Waals surface area contributed by atoms with E-state index in [-0.39, 0.29) is 0 Å². The number of ether oxygens (including phenoxy) is 2. The van der Waals surface area contributed by atoms with Crippen molar-refractivity contribution >= 4 is 16.6 Å². The summed E-state index contributed by atoms with van der Waals surface area (Å²) in [6.07, 6.45) is 5.22. The van der Waals surface area contributed by atoms with Crippen LogP contribution in [-0.2, 0) is 0 Å². The summed E-state index contributed by atoms with van der Waals surface area (Å²) >= 11 is 0. The van der Waals surface area contributed by atoms with E-state index in [1.807, 2.05) is 13.1 Å². The van der Waals surface area contributed by atoms with Crippen molar-refractivity contribution in [3.05, 3.63) is 42.0 Å². The number of methoxy groups -OCH3 is 2. The molecule has 0 spiro atoms. The Morgan fingerprint density at radius 1 is 1.03 bits per heavy atom. The highest BCUT2D eigenvalue weighted by atomic mass is 16.5. The van der Waals surface area contributed by atoms with Crippen LogP contribution in [0.5, 0.6) is 11.5 Å². The zero-order valence-electron chi connectivity index (χ0n) is 20.8. The number of hydrogen-bond donors (Lipinski definition) is 2. The van der Waals surface area contributed by atoms with Gasteiger partial charge < -0.3 is 24.7 Å². The summed E-state index contributed by atoms with van der Waals surface area (Å²) in [5, 5.41) is 4.60. The molecule has 3 aromatic rings. The number of aromatic amines is 1. The summed E-state index contributed by atoms with van der Waals surface area (Å²) in [6, 6.07) is 13.1. The van der Waals surface area contributed by atoms with E-state index in [0.717, 1.165) is 42.6 Å². The lowest BCUT2D eigenvalue weighted by atomic mass is 9.91. The molecule has 5 heteroatoms. The Morgan fingerprint density at radius 2 is 1.79 bits per heavy atom. The van der Waals surface area contributed by atoms with E-state index < -0.39 is 0 Å². The zero-order chi connectivity index (χ0) is 23.4. The van der Waals surface area contributed by atoms with Gasteiger partial charge in [-0.3, -0.25) is 0 Å². The number of anilines is 1. The molecule has 0 amide bonds. The number of rotatable bonds is 9. The topological polar surface area (TPSA) is 49.5 Å². The molecule has 1 aliphatic heterocycles. The molecule has 0 saturated carbocycles. The predicted octanol–water partition coefficient (Wildman–Crippen LogP) is 6.19. The van der Waals surface area contributed by atoms with Crippen molar-refractivity contribution in [2.24, 2.45) is 5.92 Å². The number of nitrogens with zero attached hydrogens (tertiary/aromatic N) is 1. The summed E-state index contributed by atoms with van der Waals surface area (Å²) in [7, 11) is 5.40. The van der Waals surface area contributed by atoms with Gasteiger partial charge >= 0.3 is 0 Å². The first-order valence-corrected chi connectivity index (χ1v) is 12.3. The number of fused-ring (bicyclic) bond motifs is 1. The van der Waals surface area contributed by atoms with Crippen LogP contribution in [-0.4, -0.2) is 45.9 Å². The molecule has 2 N–H and O–H groups in total. The largest absolute Gasteiger partial charge is 0.493 e. The Kier molecular flexibility index (Phi) is 7.49. The van der Waals surface area contributed by atoms with Gasteiger partial charge in [0, 0.05) is 35.2 Å². The van der Waals surface area contributed by atoms with Crippen LogP contribution >= 0.6 is 0 Å². The van der Waals surface area contributed by atoms with Crippen molar-refractivity contribution in [2.45, 2.75) is 45.4 Å². The van der Waals surface area contributed by atoms with Crippen LogP contribution in [0.4, 0.5) is 5.69 Å². The number of nitrogens with one attached hydrogen (secondary N) is 2. The average Bonchev–Trinajstić information content (AvgIpc) is 3.23. The molecule has 1 aliphatic rings.